The van der Waals surface area contributed by atoms with E-state index < -0.39 is 5.82 Å². The van der Waals surface area contributed by atoms with Crippen LogP contribution < -0.4 is 16.0 Å². The zero-order valence-electron chi connectivity index (χ0n) is 16.5. The summed E-state index contributed by atoms with van der Waals surface area (Å²) in [4.78, 5) is 39.5. The summed E-state index contributed by atoms with van der Waals surface area (Å²) in [5, 5.41) is 8.12. The molecule has 0 saturated carbocycles. The van der Waals surface area contributed by atoms with E-state index in [1.165, 1.54) is 18.2 Å². The van der Waals surface area contributed by atoms with Crippen LogP contribution in [0.25, 0.3) is 11.6 Å². The van der Waals surface area contributed by atoms with Gasteiger partial charge in [-0.15, -0.1) is 0 Å². The molecule has 152 valence electrons. The van der Waals surface area contributed by atoms with Gasteiger partial charge in [0.1, 0.15) is 5.82 Å². The Morgan fingerprint density at radius 2 is 1.97 bits per heavy atom. The van der Waals surface area contributed by atoms with Crippen LogP contribution in [0.3, 0.4) is 0 Å². The Labute approximate surface area is 167 Å². The maximum atomic E-state index is 13.6. The Kier molecular flexibility index (Phi) is 5.81. The second-order valence-electron chi connectivity index (χ2n) is 6.83. The molecular formula is C21H23FN4O3. The van der Waals surface area contributed by atoms with Crippen molar-refractivity contribution in [2.24, 2.45) is 0 Å². The number of benzene rings is 1. The summed E-state index contributed by atoms with van der Waals surface area (Å²) in [7, 11) is 0. The van der Waals surface area contributed by atoms with E-state index in [0.717, 1.165) is 0 Å². The highest BCUT2D eigenvalue weighted by Crippen LogP contribution is 2.34. The van der Waals surface area contributed by atoms with Crippen LogP contribution in [-0.2, 0) is 9.59 Å². The predicted molar refractivity (Wildman–Crippen MR) is 109 cm³/mol. The van der Waals surface area contributed by atoms with Crippen LogP contribution in [-0.4, -0.2) is 35.8 Å². The van der Waals surface area contributed by atoms with Crippen LogP contribution in [0.15, 0.2) is 18.2 Å². The Morgan fingerprint density at radius 1 is 1.21 bits per heavy atom. The van der Waals surface area contributed by atoms with Crippen LogP contribution in [0.2, 0.25) is 0 Å². The van der Waals surface area contributed by atoms with Gasteiger partial charge in [0.25, 0.3) is 11.8 Å². The Hall–Kier alpha value is -3.42. The second-order valence-corrected chi connectivity index (χ2v) is 6.83. The number of nitrogens with one attached hydrogen (secondary N) is 4. The average Bonchev–Trinajstić information content (AvgIpc) is 3.11. The molecule has 0 atom stereocenters. The number of anilines is 1. The molecule has 4 N–H and O–H groups in total. The molecule has 3 amide bonds. The smallest absolute Gasteiger partial charge is 0.256 e. The maximum Gasteiger partial charge on any atom is 0.256 e. The van der Waals surface area contributed by atoms with Crippen molar-refractivity contribution in [2.75, 3.05) is 18.4 Å². The van der Waals surface area contributed by atoms with E-state index in [1.54, 1.807) is 19.9 Å². The minimum atomic E-state index is -0.433. The molecular weight excluding hydrogens is 375 g/mol. The van der Waals surface area contributed by atoms with E-state index in [1.807, 2.05) is 6.92 Å². The first-order valence-electron chi connectivity index (χ1n) is 9.38. The van der Waals surface area contributed by atoms with Gasteiger partial charge in [-0.05, 0) is 50.6 Å². The van der Waals surface area contributed by atoms with Gasteiger partial charge in [0, 0.05) is 42.1 Å². The van der Waals surface area contributed by atoms with E-state index in [9.17, 15) is 18.8 Å². The van der Waals surface area contributed by atoms with Crippen molar-refractivity contribution in [3.63, 3.8) is 0 Å². The average molecular weight is 398 g/mol. The van der Waals surface area contributed by atoms with Gasteiger partial charge in [-0.25, -0.2) is 4.39 Å². The number of H-pyrrole nitrogens is 1. The van der Waals surface area contributed by atoms with Crippen molar-refractivity contribution >= 4 is 35.1 Å². The minimum absolute atomic E-state index is 0.126. The number of aromatic nitrogens is 1. The monoisotopic (exact) mass is 398 g/mol. The predicted octanol–water partition coefficient (Wildman–Crippen LogP) is 2.52. The third kappa shape index (κ3) is 4.21. The zero-order chi connectivity index (χ0) is 21.1. The molecule has 29 heavy (non-hydrogen) atoms. The summed E-state index contributed by atoms with van der Waals surface area (Å²) in [5.74, 6) is -1.19. The number of aromatic amines is 1. The first kappa shape index (κ1) is 20.3. The lowest BCUT2D eigenvalue weighted by molar-refractivity contribution is -0.120. The molecule has 3 rings (SSSR count). The first-order chi connectivity index (χ1) is 13.8. The van der Waals surface area contributed by atoms with E-state index in [0.29, 0.717) is 45.9 Å². The van der Waals surface area contributed by atoms with Crippen molar-refractivity contribution in [3.8, 4) is 0 Å². The summed E-state index contributed by atoms with van der Waals surface area (Å²) in [6.07, 6.45) is 1.82. The molecule has 1 aliphatic heterocycles. The lowest BCUT2D eigenvalue weighted by Gasteiger charge is -2.06. The molecule has 1 aromatic heterocycles. The van der Waals surface area contributed by atoms with Crippen LogP contribution >= 0.6 is 0 Å². The number of hydrogen-bond donors (Lipinski definition) is 4. The number of rotatable bonds is 6. The van der Waals surface area contributed by atoms with Crippen molar-refractivity contribution < 1.29 is 18.8 Å². The van der Waals surface area contributed by atoms with Gasteiger partial charge in [0.2, 0.25) is 5.91 Å². The largest absolute Gasteiger partial charge is 0.358 e. The molecule has 0 fully saturated rings. The van der Waals surface area contributed by atoms with Crippen molar-refractivity contribution in [3.05, 3.63) is 52.1 Å². The lowest BCUT2D eigenvalue weighted by atomic mass is 10.0. The van der Waals surface area contributed by atoms with Gasteiger partial charge in [-0.3, -0.25) is 14.4 Å². The Morgan fingerprint density at radius 3 is 2.69 bits per heavy atom. The third-order valence-electron chi connectivity index (χ3n) is 4.77. The van der Waals surface area contributed by atoms with Gasteiger partial charge in [0.15, 0.2) is 0 Å². The normalized spacial score (nSPS) is 13.9. The molecule has 0 bridgehead atoms. The fraction of sp³-hybridized carbons (Fsp3) is 0.286. The third-order valence-corrected chi connectivity index (χ3v) is 4.77. The van der Waals surface area contributed by atoms with Crippen molar-refractivity contribution in [1.29, 1.82) is 0 Å². The molecule has 0 saturated heterocycles. The Balaban J connectivity index is 1.82. The molecule has 1 aliphatic rings. The molecule has 1 aromatic carbocycles. The highest BCUT2D eigenvalue weighted by molar-refractivity contribution is 6.34. The standard InChI is InChI=1S/C21H23FN4O3/c1-4-23-18(27)7-8-24-21(29)19-11(2)17(25-12(19)3)10-15-14-9-13(22)5-6-16(14)26-20(15)28/h5-6,9-10,25H,4,7-8H2,1-3H3,(H,23,27)(H,24,29)(H,26,28)/b15-10-. The molecule has 8 heteroatoms. The van der Waals surface area contributed by atoms with Gasteiger partial charge in [-0.1, -0.05) is 0 Å². The second kappa shape index (κ2) is 8.30. The summed E-state index contributed by atoms with van der Waals surface area (Å²) in [6, 6.07) is 4.11. The van der Waals surface area contributed by atoms with E-state index in [2.05, 4.69) is 20.9 Å². The van der Waals surface area contributed by atoms with Crippen LogP contribution in [0.1, 0.15) is 46.2 Å². The topological polar surface area (TPSA) is 103 Å². The first-order valence-corrected chi connectivity index (χ1v) is 9.38. The van der Waals surface area contributed by atoms with Crippen molar-refractivity contribution in [2.45, 2.75) is 27.2 Å². The number of aryl methyl sites for hydroxylation is 1. The van der Waals surface area contributed by atoms with E-state index in [4.69, 9.17) is 0 Å². The maximum absolute atomic E-state index is 13.6. The fourth-order valence-corrected chi connectivity index (χ4v) is 3.37. The summed E-state index contributed by atoms with van der Waals surface area (Å²) in [5.41, 5.74) is 3.73. The lowest BCUT2D eigenvalue weighted by Crippen LogP contribution is -2.31. The summed E-state index contributed by atoms with van der Waals surface area (Å²) < 4.78 is 13.6. The molecule has 2 heterocycles. The van der Waals surface area contributed by atoms with Gasteiger partial charge >= 0.3 is 0 Å². The highest BCUT2D eigenvalue weighted by atomic mass is 19.1. The molecule has 2 aromatic rings. The quantitative estimate of drug-likeness (QED) is 0.562. The molecule has 7 nitrogen and oxygen atoms in total. The number of halogens is 1. The van der Waals surface area contributed by atoms with Gasteiger partial charge in [-0.2, -0.15) is 0 Å². The van der Waals surface area contributed by atoms with E-state index in [-0.39, 0.29) is 30.7 Å². The van der Waals surface area contributed by atoms with E-state index >= 15 is 0 Å². The molecule has 0 aliphatic carbocycles. The number of hydrogen-bond acceptors (Lipinski definition) is 3. The highest BCUT2D eigenvalue weighted by Gasteiger charge is 2.26. The van der Waals surface area contributed by atoms with Gasteiger partial charge in [0.05, 0.1) is 11.1 Å². The fourth-order valence-electron chi connectivity index (χ4n) is 3.37. The van der Waals surface area contributed by atoms with Crippen molar-refractivity contribution in [1.82, 2.24) is 15.6 Å². The molecule has 0 unspecified atom stereocenters. The summed E-state index contributed by atoms with van der Waals surface area (Å²) >= 11 is 0. The molecule has 0 radical (unpaired) electrons. The number of carbonyl (C=O) groups is 3. The SMILES string of the molecule is CCNC(=O)CCNC(=O)c1c(C)[nH]c(/C=C2\C(=O)Nc3ccc(F)cc32)c1C. The van der Waals surface area contributed by atoms with Crippen LogP contribution in [0.5, 0.6) is 0 Å². The summed E-state index contributed by atoms with van der Waals surface area (Å²) in [6.45, 7) is 6.13. The number of amides is 3. The number of carbonyl (C=O) groups excluding carboxylic acids is 3. The Bertz CT molecular complexity index is 1020. The zero-order valence-corrected chi connectivity index (χ0v) is 16.5. The van der Waals surface area contributed by atoms with Crippen LogP contribution in [0, 0.1) is 19.7 Å². The number of fused-ring (bicyclic) bond motifs is 1. The van der Waals surface area contributed by atoms with Crippen LogP contribution in [0.4, 0.5) is 10.1 Å². The minimum Gasteiger partial charge on any atom is -0.358 e. The molecule has 0 spiro atoms. The van der Waals surface area contributed by atoms with Gasteiger partial charge < -0.3 is 20.9 Å².